The number of halogens is 2. The maximum Gasteiger partial charge on any atom is 0.334 e. The van der Waals surface area contributed by atoms with E-state index in [0.717, 1.165) is 10.6 Å². The highest BCUT2D eigenvalue weighted by Crippen LogP contribution is 2.27. The van der Waals surface area contributed by atoms with Crippen LogP contribution in [0.5, 0.6) is 0 Å². The first-order valence-corrected chi connectivity index (χ1v) is 10.5. The molecule has 0 amide bonds. The minimum Gasteiger partial charge on any atom is -0.460 e. The average molecular weight is 463 g/mol. The van der Waals surface area contributed by atoms with E-state index >= 15 is 0 Å². The van der Waals surface area contributed by atoms with Gasteiger partial charge in [-0.05, 0) is 50.8 Å². The van der Waals surface area contributed by atoms with E-state index < -0.39 is 33.8 Å². The lowest BCUT2D eigenvalue weighted by Gasteiger charge is -2.21. The fourth-order valence-electron chi connectivity index (χ4n) is 3.34. The van der Waals surface area contributed by atoms with Gasteiger partial charge in [-0.25, -0.2) is 18.7 Å². The molecule has 3 aromatic rings. The maximum absolute atomic E-state index is 14.0. The van der Waals surface area contributed by atoms with Gasteiger partial charge >= 0.3 is 11.7 Å². The number of hydrogen-bond donors (Lipinski definition) is 1. The number of ether oxygens (including phenoxy) is 1. The molecule has 0 aliphatic rings. The molecular formula is C22H24ClFN4O4. The molecule has 0 unspecified atom stereocenters. The van der Waals surface area contributed by atoms with Gasteiger partial charge in [0.25, 0.3) is 5.56 Å². The predicted octanol–water partition coefficient (Wildman–Crippen LogP) is 3.66. The van der Waals surface area contributed by atoms with Gasteiger partial charge in [0.1, 0.15) is 5.60 Å². The summed E-state index contributed by atoms with van der Waals surface area (Å²) in [5, 5.41) is -0.607. The molecule has 10 heteroatoms. The number of nitrogens with one attached hydrogen (secondary N) is 1. The molecule has 0 atom stereocenters. The second-order valence-corrected chi connectivity index (χ2v) is 9.03. The first-order valence-electron chi connectivity index (χ1n) is 10.1. The Morgan fingerprint density at radius 1 is 1.31 bits per heavy atom. The van der Waals surface area contributed by atoms with Gasteiger partial charge in [-0.1, -0.05) is 25.4 Å². The number of nitrogens with zero attached hydrogens (tertiary/aromatic N) is 3. The van der Waals surface area contributed by atoms with E-state index in [1.807, 2.05) is 13.8 Å². The first kappa shape index (κ1) is 23.6. The van der Waals surface area contributed by atoms with Gasteiger partial charge in [0, 0.05) is 12.6 Å². The molecule has 0 fully saturated rings. The van der Waals surface area contributed by atoms with Gasteiger partial charge in [0.2, 0.25) is 0 Å². The highest BCUT2D eigenvalue weighted by Gasteiger charge is 2.22. The van der Waals surface area contributed by atoms with E-state index in [-0.39, 0.29) is 29.8 Å². The topological polar surface area (TPSA) is 107 Å². The predicted molar refractivity (Wildman–Crippen MR) is 119 cm³/mol. The fourth-order valence-corrected chi connectivity index (χ4v) is 3.48. The van der Waals surface area contributed by atoms with Crippen molar-refractivity contribution in [1.29, 1.82) is 0 Å². The third kappa shape index (κ3) is 4.88. The standard InChI is InChI=1S/C22H24ClFN4O4/c1-11(2)16-17(12(8-9-25-16)6-7-15(29)32-22(3,4)5)28-19-13(20(30)27-21(28)31)10-14(24)18(23)26-19/h8-11H,6-7H2,1-5H3,(H,27,30,31). The van der Waals surface area contributed by atoms with Crippen LogP contribution in [0.25, 0.3) is 16.7 Å². The summed E-state index contributed by atoms with van der Waals surface area (Å²) in [5.74, 6) is -1.39. The zero-order valence-electron chi connectivity index (χ0n) is 18.5. The summed E-state index contributed by atoms with van der Waals surface area (Å²) in [6.07, 6.45) is 1.89. The number of esters is 1. The van der Waals surface area contributed by atoms with Crippen LogP contribution in [-0.2, 0) is 16.0 Å². The van der Waals surface area contributed by atoms with E-state index in [1.165, 1.54) is 0 Å². The number of fused-ring (bicyclic) bond motifs is 1. The Balaban J connectivity index is 2.25. The molecule has 0 spiro atoms. The Hall–Kier alpha value is -3.07. The molecule has 1 N–H and O–H groups in total. The highest BCUT2D eigenvalue weighted by atomic mass is 35.5. The van der Waals surface area contributed by atoms with Crippen molar-refractivity contribution in [3.63, 3.8) is 0 Å². The summed E-state index contributed by atoms with van der Waals surface area (Å²) in [6.45, 7) is 9.12. The number of pyridine rings is 2. The second-order valence-electron chi connectivity index (χ2n) is 8.67. The van der Waals surface area contributed by atoms with Gasteiger partial charge in [-0.15, -0.1) is 0 Å². The van der Waals surface area contributed by atoms with Gasteiger partial charge in [0.05, 0.1) is 16.8 Å². The minimum absolute atomic E-state index is 0.0602. The molecule has 3 heterocycles. The zero-order valence-corrected chi connectivity index (χ0v) is 19.2. The fraction of sp³-hybridized carbons (Fsp3) is 0.409. The summed E-state index contributed by atoms with van der Waals surface area (Å²) in [6, 6.07) is 2.62. The number of carbonyl (C=O) groups is 1. The number of aromatic nitrogens is 4. The Kier molecular flexibility index (Phi) is 6.50. The first-order chi connectivity index (χ1) is 14.9. The van der Waals surface area contributed by atoms with Crippen LogP contribution in [0.2, 0.25) is 5.15 Å². The lowest BCUT2D eigenvalue weighted by Crippen LogP contribution is -2.31. The van der Waals surface area contributed by atoms with Crippen molar-refractivity contribution < 1.29 is 13.9 Å². The Morgan fingerprint density at radius 2 is 2.00 bits per heavy atom. The van der Waals surface area contributed by atoms with Gasteiger partial charge in [0.15, 0.2) is 16.6 Å². The zero-order chi connectivity index (χ0) is 23.8. The molecule has 8 nitrogen and oxygen atoms in total. The molecule has 0 saturated heterocycles. The van der Waals surface area contributed by atoms with E-state index in [4.69, 9.17) is 16.3 Å². The molecule has 3 aromatic heterocycles. The van der Waals surface area contributed by atoms with Crippen molar-refractivity contribution in [2.75, 3.05) is 0 Å². The van der Waals surface area contributed by atoms with Crippen molar-refractivity contribution in [2.24, 2.45) is 0 Å². The van der Waals surface area contributed by atoms with Crippen molar-refractivity contribution in [2.45, 2.75) is 59.0 Å². The van der Waals surface area contributed by atoms with Crippen LogP contribution in [0.3, 0.4) is 0 Å². The van der Waals surface area contributed by atoms with Crippen LogP contribution in [0.1, 0.15) is 58.2 Å². The van der Waals surface area contributed by atoms with Crippen LogP contribution in [0, 0.1) is 5.82 Å². The van der Waals surface area contributed by atoms with Crippen LogP contribution in [0.4, 0.5) is 4.39 Å². The molecule has 0 radical (unpaired) electrons. The molecule has 32 heavy (non-hydrogen) atoms. The second kappa shape index (κ2) is 8.82. The molecule has 0 aromatic carbocycles. The maximum atomic E-state index is 14.0. The van der Waals surface area contributed by atoms with Crippen LogP contribution >= 0.6 is 11.6 Å². The summed E-state index contributed by atoms with van der Waals surface area (Å²) in [5.41, 5.74) is -0.749. The molecule has 3 rings (SSSR count). The SMILES string of the molecule is CC(C)c1nccc(CCC(=O)OC(C)(C)C)c1-n1c(=O)[nH]c(=O)c2cc(F)c(Cl)nc21. The largest absolute Gasteiger partial charge is 0.460 e. The third-order valence-corrected chi connectivity index (χ3v) is 4.88. The summed E-state index contributed by atoms with van der Waals surface area (Å²) < 4.78 is 20.5. The number of rotatable bonds is 5. The quantitative estimate of drug-likeness (QED) is 0.458. The minimum atomic E-state index is -0.879. The van der Waals surface area contributed by atoms with Crippen molar-refractivity contribution in [3.8, 4) is 5.69 Å². The number of carbonyl (C=O) groups excluding carboxylic acids is 1. The smallest absolute Gasteiger partial charge is 0.334 e. The van der Waals surface area contributed by atoms with Crippen LogP contribution in [0.15, 0.2) is 27.9 Å². The number of aryl methyl sites for hydroxylation is 1. The molecule has 0 aliphatic heterocycles. The van der Waals surface area contributed by atoms with E-state index in [9.17, 15) is 18.8 Å². The summed E-state index contributed by atoms with van der Waals surface area (Å²) in [7, 11) is 0. The molecule has 0 saturated carbocycles. The Morgan fingerprint density at radius 3 is 2.62 bits per heavy atom. The third-order valence-electron chi connectivity index (χ3n) is 4.62. The van der Waals surface area contributed by atoms with E-state index in [2.05, 4.69) is 15.0 Å². The highest BCUT2D eigenvalue weighted by molar-refractivity contribution is 6.29. The normalized spacial score (nSPS) is 11.9. The Labute approximate surface area is 188 Å². The van der Waals surface area contributed by atoms with Crippen LogP contribution in [-0.4, -0.2) is 31.1 Å². The number of H-pyrrole nitrogens is 1. The number of hydrogen-bond acceptors (Lipinski definition) is 6. The van der Waals surface area contributed by atoms with Gasteiger partial charge < -0.3 is 4.74 Å². The lowest BCUT2D eigenvalue weighted by atomic mass is 10.0. The molecular weight excluding hydrogens is 439 g/mol. The monoisotopic (exact) mass is 462 g/mol. The lowest BCUT2D eigenvalue weighted by molar-refractivity contribution is -0.154. The van der Waals surface area contributed by atoms with E-state index in [1.54, 1.807) is 33.0 Å². The molecule has 170 valence electrons. The number of aromatic amines is 1. The van der Waals surface area contributed by atoms with Crippen molar-refractivity contribution in [1.82, 2.24) is 19.5 Å². The Bertz CT molecular complexity index is 1310. The van der Waals surface area contributed by atoms with E-state index in [0.29, 0.717) is 16.9 Å². The molecule has 0 bridgehead atoms. The average Bonchev–Trinajstić information content (AvgIpc) is 2.67. The summed E-state index contributed by atoms with van der Waals surface area (Å²) >= 11 is 5.87. The van der Waals surface area contributed by atoms with Crippen molar-refractivity contribution in [3.05, 3.63) is 61.4 Å². The van der Waals surface area contributed by atoms with Crippen LogP contribution < -0.4 is 11.2 Å². The summed E-state index contributed by atoms with van der Waals surface area (Å²) in [4.78, 5) is 48.1. The van der Waals surface area contributed by atoms with Gasteiger partial charge in [-0.2, -0.15) is 0 Å². The van der Waals surface area contributed by atoms with Crippen molar-refractivity contribution >= 4 is 28.6 Å². The van der Waals surface area contributed by atoms with Gasteiger partial charge in [-0.3, -0.25) is 19.6 Å². The molecule has 0 aliphatic carbocycles.